The van der Waals surface area contributed by atoms with Gasteiger partial charge in [0.2, 0.25) is 0 Å². The van der Waals surface area contributed by atoms with E-state index in [-0.39, 0.29) is 0 Å². The van der Waals surface area contributed by atoms with Crippen molar-refractivity contribution >= 4 is 37.5 Å². The molecule has 0 fully saturated rings. The Kier molecular flexibility index (Phi) is 4.26. The summed E-state index contributed by atoms with van der Waals surface area (Å²) in [5.41, 5.74) is 2.53. The van der Waals surface area contributed by atoms with Crippen LogP contribution in [0.5, 0.6) is 0 Å². The van der Waals surface area contributed by atoms with E-state index in [1.54, 1.807) is 0 Å². The van der Waals surface area contributed by atoms with E-state index >= 15 is 0 Å². The van der Waals surface area contributed by atoms with Gasteiger partial charge in [-0.25, -0.2) is 0 Å². The summed E-state index contributed by atoms with van der Waals surface area (Å²) in [4.78, 5) is 2.21. The fourth-order valence-corrected chi connectivity index (χ4v) is 2.19. The van der Waals surface area contributed by atoms with Crippen LogP contribution in [0.1, 0.15) is 12.5 Å². The molecule has 13 heavy (non-hydrogen) atoms. The van der Waals surface area contributed by atoms with Crippen molar-refractivity contribution in [1.82, 2.24) is 0 Å². The van der Waals surface area contributed by atoms with E-state index in [0.717, 1.165) is 16.3 Å². The summed E-state index contributed by atoms with van der Waals surface area (Å²) >= 11 is 7.00. The molecule has 1 aromatic rings. The fraction of sp³-hybridized carbons (Fsp3) is 0.400. The lowest BCUT2D eigenvalue weighted by atomic mass is 10.2. The molecule has 0 aliphatic heterocycles. The molecule has 1 rings (SSSR count). The van der Waals surface area contributed by atoms with Crippen LogP contribution in [0.15, 0.2) is 22.7 Å². The number of rotatable bonds is 3. The average Bonchev–Trinajstić information content (AvgIpc) is 2.16. The average molecular weight is 307 g/mol. The highest BCUT2D eigenvalue weighted by atomic mass is 79.9. The van der Waals surface area contributed by atoms with E-state index in [9.17, 15) is 0 Å². The van der Waals surface area contributed by atoms with Crippen molar-refractivity contribution in [2.24, 2.45) is 0 Å². The molecule has 0 heterocycles. The summed E-state index contributed by atoms with van der Waals surface area (Å²) in [6, 6.07) is 6.43. The smallest absolute Gasteiger partial charge is 0.0508 e. The van der Waals surface area contributed by atoms with Crippen LogP contribution in [0.4, 0.5) is 5.69 Å². The van der Waals surface area contributed by atoms with E-state index in [2.05, 4.69) is 68.9 Å². The number of alkyl halides is 1. The third-order valence-corrected chi connectivity index (χ3v) is 3.33. The van der Waals surface area contributed by atoms with Crippen LogP contribution in [-0.4, -0.2) is 13.6 Å². The van der Waals surface area contributed by atoms with Gasteiger partial charge in [-0.1, -0.05) is 22.0 Å². The molecule has 0 radical (unpaired) electrons. The lowest BCUT2D eigenvalue weighted by Gasteiger charge is -2.18. The van der Waals surface area contributed by atoms with Crippen molar-refractivity contribution in [1.29, 1.82) is 0 Å². The predicted octanol–water partition coefficient (Wildman–Crippen LogP) is 3.80. The Bertz CT molecular complexity index is 286. The fourth-order valence-electron chi connectivity index (χ4n) is 1.11. The van der Waals surface area contributed by atoms with Crippen LogP contribution in [-0.2, 0) is 5.33 Å². The van der Waals surface area contributed by atoms with Crippen LogP contribution >= 0.6 is 31.9 Å². The maximum absolute atomic E-state index is 3.57. The van der Waals surface area contributed by atoms with Gasteiger partial charge >= 0.3 is 0 Å². The topological polar surface area (TPSA) is 3.24 Å². The van der Waals surface area contributed by atoms with Crippen molar-refractivity contribution in [3.05, 3.63) is 28.2 Å². The summed E-state index contributed by atoms with van der Waals surface area (Å²) in [6.45, 7) is 3.16. The number of halogens is 2. The first-order chi connectivity index (χ1) is 6.19. The number of nitrogens with zero attached hydrogens (tertiary/aromatic N) is 1. The van der Waals surface area contributed by atoms with Crippen LogP contribution in [0.3, 0.4) is 0 Å². The molecule has 0 atom stereocenters. The van der Waals surface area contributed by atoms with Gasteiger partial charge in [0.05, 0.1) is 5.69 Å². The van der Waals surface area contributed by atoms with Crippen molar-refractivity contribution in [2.75, 3.05) is 18.5 Å². The van der Waals surface area contributed by atoms with Gasteiger partial charge in [0, 0.05) is 23.4 Å². The van der Waals surface area contributed by atoms with Crippen LogP contribution in [0.2, 0.25) is 0 Å². The van der Waals surface area contributed by atoms with Gasteiger partial charge in [-0.15, -0.1) is 0 Å². The van der Waals surface area contributed by atoms with Gasteiger partial charge in [-0.05, 0) is 40.5 Å². The lowest BCUT2D eigenvalue weighted by Crippen LogP contribution is -2.16. The minimum atomic E-state index is 0.904. The molecule has 0 amide bonds. The third-order valence-electron chi connectivity index (χ3n) is 2.05. The molecule has 72 valence electrons. The first-order valence-electron chi connectivity index (χ1n) is 4.24. The molecule has 0 spiro atoms. The van der Waals surface area contributed by atoms with E-state index in [1.807, 2.05) is 0 Å². The first kappa shape index (κ1) is 11.1. The number of anilines is 1. The molecular weight excluding hydrogens is 294 g/mol. The van der Waals surface area contributed by atoms with Crippen molar-refractivity contribution < 1.29 is 0 Å². The van der Waals surface area contributed by atoms with Crippen LogP contribution in [0, 0.1) is 0 Å². The second-order valence-electron chi connectivity index (χ2n) is 2.93. The zero-order chi connectivity index (χ0) is 9.84. The largest absolute Gasteiger partial charge is 0.374 e. The molecule has 0 saturated carbocycles. The zero-order valence-corrected chi connectivity index (χ0v) is 11.0. The minimum Gasteiger partial charge on any atom is -0.374 e. The highest BCUT2D eigenvalue weighted by Gasteiger charge is 2.03. The van der Waals surface area contributed by atoms with Gasteiger partial charge in [-0.2, -0.15) is 0 Å². The molecule has 0 aliphatic carbocycles. The van der Waals surface area contributed by atoms with Gasteiger partial charge in [0.15, 0.2) is 0 Å². The molecule has 0 aromatic heterocycles. The Labute approximate surface area is 96.4 Å². The Morgan fingerprint density at radius 2 is 2.08 bits per heavy atom. The quantitative estimate of drug-likeness (QED) is 0.768. The monoisotopic (exact) mass is 305 g/mol. The maximum Gasteiger partial charge on any atom is 0.0508 e. The minimum absolute atomic E-state index is 0.904. The van der Waals surface area contributed by atoms with Crippen molar-refractivity contribution in [2.45, 2.75) is 12.3 Å². The molecule has 0 saturated heterocycles. The Morgan fingerprint density at radius 1 is 1.38 bits per heavy atom. The van der Waals surface area contributed by atoms with E-state index < -0.39 is 0 Å². The van der Waals surface area contributed by atoms with Gasteiger partial charge in [0.25, 0.3) is 0 Å². The Hall–Kier alpha value is -0.0200. The molecule has 0 unspecified atom stereocenters. The van der Waals surface area contributed by atoms with Gasteiger partial charge in [0.1, 0.15) is 0 Å². The van der Waals surface area contributed by atoms with Crippen molar-refractivity contribution in [3.63, 3.8) is 0 Å². The van der Waals surface area contributed by atoms with Crippen LogP contribution in [0.25, 0.3) is 0 Å². The summed E-state index contributed by atoms with van der Waals surface area (Å²) in [5.74, 6) is 0. The van der Waals surface area contributed by atoms with Crippen molar-refractivity contribution in [3.8, 4) is 0 Å². The predicted molar refractivity (Wildman–Crippen MR) is 65.7 cm³/mol. The summed E-state index contributed by atoms with van der Waals surface area (Å²) < 4.78 is 1.16. The molecular formula is C10H13Br2N. The molecule has 0 aliphatic rings. The summed E-state index contributed by atoms with van der Waals surface area (Å²) in [5, 5.41) is 0.904. The SMILES string of the molecule is CCN(C)c1ccc(CBr)cc1Br. The van der Waals surface area contributed by atoms with Gasteiger partial charge in [-0.3, -0.25) is 0 Å². The van der Waals surface area contributed by atoms with E-state index in [4.69, 9.17) is 0 Å². The third kappa shape index (κ3) is 2.71. The van der Waals surface area contributed by atoms with Gasteiger partial charge < -0.3 is 4.90 Å². The highest BCUT2D eigenvalue weighted by Crippen LogP contribution is 2.27. The first-order valence-corrected chi connectivity index (χ1v) is 6.16. The summed E-state index contributed by atoms with van der Waals surface area (Å²) in [7, 11) is 2.09. The summed E-state index contributed by atoms with van der Waals surface area (Å²) in [6.07, 6.45) is 0. The number of hydrogen-bond donors (Lipinski definition) is 0. The Morgan fingerprint density at radius 3 is 2.54 bits per heavy atom. The standard InChI is InChI=1S/C10H13Br2N/c1-3-13(2)10-5-4-8(7-11)6-9(10)12/h4-6H,3,7H2,1-2H3. The normalized spacial score (nSPS) is 10.2. The maximum atomic E-state index is 3.57. The van der Waals surface area contributed by atoms with Crippen LogP contribution < -0.4 is 4.90 Å². The molecule has 1 aromatic carbocycles. The van der Waals surface area contributed by atoms with E-state index in [1.165, 1.54) is 11.3 Å². The number of benzene rings is 1. The molecule has 1 nitrogen and oxygen atoms in total. The Balaban J connectivity index is 2.98. The lowest BCUT2D eigenvalue weighted by molar-refractivity contribution is 0.964. The second kappa shape index (κ2) is 5.01. The second-order valence-corrected chi connectivity index (χ2v) is 4.35. The molecule has 0 bridgehead atoms. The number of hydrogen-bond acceptors (Lipinski definition) is 1. The molecule has 0 N–H and O–H groups in total. The zero-order valence-electron chi connectivity index (χ0n) is 7.85. The highest BCUT2D eigenvalue weighted by molar-refractivity contribution is 9.10. The van der Waals surface area contributed by atoms with E-state index in [0.29, 0.717) is 0 Å². The molecule has 3 heteroatoms.